The Morgan fingerprint density at radius 2 is 1.60 bits per heavy atom. The average molecular weight is 99.1 g/mol. The van der Waals surface area contributed by atoms with Gasteiger partial charge in [-0.15, -0.1) is 0 Å². The molecule has 0 aliphatic heterocycles. The molecule has 3 heteroatoms. The summed E-state index contributed by atoms with van der Waals surface area (Å²) in [5.74, 6) is 0. The third kappa shape index (κ3) is 35.0. The Morgan fingerprint density at radius 3 is 1.60 bits per heavy atom. The zero-order valence-corrected chi connectivity index (χ0v) is 6.48. The minimum atomic E-state index is 0. The standard InChI is InChI=1S/C2H3O.K.H2O/c1-2-3;;/h1H3;;1H2/q;+1;/p-1. The SMILES string of the molecule is C[C]=O.[K+].[OH-]. The van der Waals surface area contributed by atoms with Crippen LogP contribution in [-0.2, 0) is 4.79 Å². The summed E-state index contributed by atoms with van der Waals surface area (Å²) in [6.45, 7) is 1.32. The van der Waals surface area contributed by atoms with Crippen LogP contribution >= 0.6 is 0 Å². The fourth-order valence-corrected chi connectivity index (χ4v) is 0. The van der Waals surface area contributed by atoms with Crippen molar-refractivity contribution in [2.45, 2.75) is 6.92 Å². The van der Waals surface area contributed by atoms with Gasteiger partial charge in [0, 0.05) is 6.92 Å². The Kier molecular flexibility index (Phi) is 60.8. The van der Waals surface area contributed by atoms with Gasteiger partial charge in [-0.25, -0.2) is 0 Å². The maximum absolute atomic E-state index is 8.68. The van der Waals surface area contributed by atoms with Gasteiger partial charge in [0.2, 0.25) is 0 Å². The number of rotatable bonds is 0. The van der Waals surface area contributed by atoms with E-state index in [1.165, 1.54) is 13.2 Å². The monoisotopic (exact) mass is 99.0 g/mol. The second kappa shape index (κ2) is 18.7. The molecule has 0 saturated carbocycles. The van der Waals surface area contributed by atoms with Gasteiger partial charge in [-0.1, -0.05) is 0 Å². The van der Waals surface area contributed by atoms with Crippen molar-refractivity contribution in [2.24, 2.45) is 0 Å². The average Bonchev–Trinajstić information content (AvgIpc) is 0.918. The van der Waals surface area contributed by atoms with Crippen molar-refractivity contribution in [3.63, 3.8) is 0 Å². The van der Waals surface area contributed by atoms with E-state index in [0.29, 0.717) is 0 Å². The van der Waals surface area contributed by atoms with Gasteiger partial charge >= 0.3 is 51.4 Å². The molecule has 0 aliphatic carbocycles. The molecule has 0 spiro atoms. The van der Waals surface area contributed by atoms with Crippen LogP contribution in [0, 0.1) is 0 Å². The maximum Gasteiger partial charge on any atom is 1.00 e. The normalized spacial score (nSPS) is 2.60. The van der Waals surface area contributed by atoms with Crippen LogP contribution in [0.2, 0.25) is 0 Å². The molecule has 1 radical (unpaired) electrons. The van der Waals surface area contributed by atoms with Crippen LogP contribution < -0.4 is 51.4 Å². The van der Waals surface area contributed by atoms with E-state index >= 15 is 0 Å². The largest absolute Gasteiger partial charge is 1.00 e. The minimum absolute atomic E-state index is 0. The molecule has 0 aromatic rings. The molecular weight excluding hydrogens is 95.1 g/mol. The number of hydrogen-bond donors (Lipinski definition) is 0. The number of carbonyl (C=O) groups excluding carboxylic acids is 1. The Morgan fingerprint density at radius 1 is 1.60 bits per heavy atom. The van der Waals surface area contributed by atoms with Gasteiger partial charge in [0.05, 0.1) is 0 Å². The summed E-state index contributed by atoms with van der Waals surface area (Å²) in [4.78, 5) is 8.68. The Labute approximate surface area is 73.7 Å². The molecule has 25 valence electrons. The van der Waals surface area contributed by atoms with E-state index < -0.39 is 0 Å². The van der Waals surface area contributed by atoms with Crippen molar-refractivity contribution in [3.8, 4) is 0 Å². The molecule has 0 fully saturated rings. The van der Waals surface area contributed by atoms with Crippen molar-refractivity contribution < 1.29 is 61.7 Å². The molecule has 2 nitrogen and oxygen atoms in total. The molecule has 1 N–H and O–H groups in total. The van der Waals surface area contributed by atoms with Gasteiger partial charge in [0.1, 0.15) is 0 Å². The molecule has 0 unspecified atom stereocenters. The molecular formula is C2H4KO2. The van der Waals surface area contributed by atoms with Gasteiger partial charge in [0.15, 0.2) is 6.29 Å². The van der Waals surface area contributed by atoms with E-state index in [-0.39, 0.29) is 56.9 Å². The summed E-state index contributed by atoms with van der Waals surface area (Å²) in [6, 6.07) is 0. The van der Waals surface area contributed by atoms with E-state index in [4.69, 9.17) is 4.79 Å². The molecule has 0 saturated heterocycles. The molecule has 0 bridgehead atoms. The summed E-state index contributed by atoms with van der Waals surface area (Å²) in [5, 5.41) is 0. The third-order valence-corrected chi connectivity index (χ3v) is 0. The van der Waals surface area contributed by atoms with E-state index in [9.17, 15) is 0 Å². The topological polar surface area (TPSA) is 47.1 Å². The molecule has 0 amide bonds. The van der Waals surface area contributed by atoms with Crippen molar-refractivity contribution >= 4 is 6.29 Å². The first-order valence-corrected chi connectivity index (χ1v) is 0.704. The zero-order valence-electron chi connectivity index (χ0n) is 3.36. The van der Waals surface area contributed by atoms with Crippen LogP contribution in [0.5, 0.6) is 0 Å². The molecule has 0 heterocycles. The maximum atomic E-state index is 8.68. The third-order valence-electron chi connectivity index (χ3n) is 0. The van der Waals surface area contributed by atoms with Gasteiger partial charge < -0.3 is 5.48 Å². The predicted octanol–water partition coefficient (Wildman–Crippen LogP) is -3.06. The van der Waals surface area contributed by atoms with Crippen LogP contribution in [0.3, 0.4) is 0 Å². The predicted molar refractivity (Wildman–Crippen MR) is 13.3 cm³/mol. The first kappa shape index (κ1) is 16.3. The Balaban J connectivity index is -0.0000000200. The summed E-state index contributed by atoms with van der Waals surface area (Å²) >= 11 is 0. The summed E-state index contributed by atoms with van der Waals surface area (Å²) in [5.41, 5.74) is 0. The fourth-order valence-electron chi connectivity index (χ4n) is 0. The quantitative estimate of drug-likeness (QED) is 0.303. The van der Waals surface area contributed by atoms with Crippen molar-refractivity contribution in [2.75, 3.05) is 0 Å². The summed E-state index contributed by atoms with van der Waals surface area (Å²) < 4.78 is 0. The van der Waals surface area contributed by atoms with Crippen LogP contribution in [0.25, 0.3) is 0 Å². The summed E-state index contributed by atoms with van der Waals surface area (Å²) in [7, 11) is 0. The molecule has 0 aromatic carbocycles. The van der Waals surface area contributed by atoms with Gasteiger partial charge in [-0.2, -0.15) is 0 Å². The molecule has 0 aromatic heterocycles. The van der Waals surface area contributed by atoms with E-state index in [1.807, 2.05) is 0 Å². The van der Waals surface area contributed by atoms with Gasteiger partial charge in [0.25, 0.3) is 0 Å². The van der Waals surface area contributed by atoms with E-state index in [2.05, 4.69) is 0 Å². The van der Waals surface area contributed by atoms with Crippen LogP contribution in [0.4, 0.5) is 0 Å². The Bertz CT molecular complexity index is 15.1. The van der Waals surface area contributed by atoms with Crippen LogP contribution in [0.1, 0.15) is 6.92 Å². The van der Waals surface area contributed by atoms with Crippen LogP contribution in [-0.4, -0.2) is 11.8 Å². The zero-order chi connectivity index (χ0) is 2.71. The van der Waals surface area contributed by atoms with Crippen molar-refractivity contribution in [1.82, 2.24) is 0 Å². The first-order chi connectivity index (χ1) is 1.41. The smallest absolute Gasteiger partial charge is 0.870 e. The van der Waals surface area contributed by atoms with Crippen molar-refractivity contribution in [1.29, 1.82) is 0 Å². The second-order valence-corrected chi connectivity index (χ2v) is 0.204. The number of hydrogen-bond acceptors (Lipinski definition) is 2. The Hall–Kier alpha value is 1.27. The van der Waals surface area contributed by atoms with Crippen molar-refractivity contribution in [3.05, 3.63) is 0 Å². The van der Waals surface area contributed by atoms with E-state index in [1.54, 1.807) is 0 Å². The summed E-state index contributed by atoms with van der Waals surface area (Å²) in [6.07, 6.45) is 1.50. The van der Waals surface area contributed by atoms with E-state index in [0.717, 1.165) is 0 Å². The van der Waals surface area contributed by atoms with Gasteiger partial charge in [-0.05, 0) is 0 Å². The molecule has 5 heavy (non-hydrogen) atoms. The van der Waals surface area contributed by atoms with Crippen LogP contribution in [0.15, 0.2) is 0 Å². The fraction of sp³-hybridized carbons (Fsp3) is 0.500. The first-order valence-electron chi connectivity index (χ1n) is 0.704. The molecule has 0 atom stereocenters. The van der Waals surface area contributed by atoms with Gasteiger partial charge in [-0.3, -0.25) is 4.79 Å². The minimum Gasteiger partial charge on any atom is -0.870 e. The second-order valence-electron chi connectivity index (χ2n) is 0.204. The molecule has 0 aliphatic rings. The molecule has 0 rings (SSSR count).